The third-order valence-electron chi connectivity index (χ3n) is 6.75. The fourth-order valence-corrected chi connectivity index (χ4v) is 5.52. The van der Waals surface area contributed by atoms with Crippen molar-refractivity contribution in [1.29, 1.82) is 0 Å². The lowest BCUT2D eigenvalue weighted by Gasteiger charge is -2.26. The highest BCUT2D eigenvalue weighted by atomic mass is 79.9. The molecule has 7 rings (SSSR count). The fourth-order valence-electron chi connectivity index (χ4n) is 4.97. The number of anilines is 3. The number of fused-ring (bicyclic) bond motifs is 4. The largest absolute Gasteiger partial charge is 0.449 e. The molecule has 0 saturated heterocycles. The first-order chi connectivity index (χ1) is 18.7. The molecule has 0 fully saturated rings. The summed E-state index contributed by atoms with van der Waals surface area (Å²) < 4.78 is 13.7. The summed E-state index contributed by atoms with van der Waals surface area (Å²) in [4.78, 5) is 2.26. The molecule has 0 saturated carbocycles. The molecule has 0 atom stereocenters. The Morgan fingerprint density at radius 1 is 0.500 bits per heavy atom. The highest BCUT2D eigenvalue weighted by Gasteiger charge is 2.23. The predicted molar refractivity (Wildman–Crippen MR) is 158 cm³/mol. The highest BCUT2D eigenvalue weighted by molar-refractivity contribution is 9.10. The van der Waals surface area contributed by atoms with Gasteiger partial charge in [0, 0.05) is 26.9 Å². The van der Waals surface area contributed by atoms with Crippen LogP contribution in [-0.2, 0) is 0 Å². The van der Waals surface area contributed by atoms with Crippen LogP contribution < -0.4 is 14.4 Å². The van der Waals surface area contributed by atoms with Crippen LogP contribution in [0.25, 0.3) is 21.9 Å². The van der Waals surface area contributed by atoms with Crippen LogP contribution in [0.15, 0.2) is 138 Å². The minimum atomic E-state index is 0.690. The number of rotatable bonds is 4. The van der Waals surface area contributed by atoms with Crippen LogP contribution in [-0.4, -0.2) is 0 Å². The molecule has 6 aromatic carbocycles. The van der Waals surface area contributed by atoms with Crippen molar-refractivity contribution >= 4 is 43.8 Å². The number of halogens is 1. The number of para-hydroxylation sites is 2. The molecule has 0 spiro atoms. The number of ether oxygens (including phenoxy) is 2. The monoisotopic (exact) mass is 555 g/mol. The van der Waals surface area contributed by atoms with Crippen LogP contribution in [0.2, 0.25) is 0 Å². The average molecular weight is 556 g/mol. The van der Waals surface area contributed by atoms with E-state index in [1.807, 2.05) is 36.4 Å². The molecule has 38 heavy (non-hydrogen) atoms. The van der Waals surface area contributed by atoms with E-state index >= 15 is 0 Å². The molecule has 0 radical (unpaired) electrons. The van der Waals surface area contributed by atoms with E-state index in [4.69, 9.17) is 9.47 Å². The zero-order valence-corrected chi connectivity index (χ0v) is 21.9. The van der Waals surface area contributed by atoms with E-state index in [9.17, 15) is 0 Å². The first-order valence-corrected chi connectivity index (χ1v) is 13.3. The van der Waals surface area contributed by atoms with Crippen molar-refractivity contribution < 1.29 is 9.47 Å². The second-order valence-corrected chi connectivity index (χ2v) is 10.0. The molecule has 6 aromatic rings. The second-order valence-electron chi connectivity index (χ2n) is 9.15. The van der Waals surface area contributed by atoms with Gasteiger partial charge in [-0.25, -0.2) is 0 Å². The third kappa shape index (κ3) is 4.00. The molecular formula is C34H22BrNO2. The maximum atomic E-state index is 6.47. The van der Waals surface area contributed by atoms with Crippen LogP contribution in [0.5, 0.6) is 23.0 Å². The quantitative estimate of drug-likeness (QED) is 0.215. The minimum absolute atomic E-state index is 0.690. The van der Waals surface area contributed by atoms with Gasteiger partial charge in [0.05, 0.1) is 0 Å². The fraction of sp³-hybridized carbons (Fsp3) is 0. The van der Waals surface area contributed by atoms with E-state index in [1.54, 1.807) is 0 Å². The lowest BCUT2D eigenvalue weighted by atomic mass is 10.0. The smallest absolute Gasteiger partial charge is 0.177 e. The normalized spacial score (nSPS) is 11.7. The number of nitrogens with zero attached hydrogens (tertiary/aromatic N) is 1. The average Bonchev–Trinajstić information content (AvgIpc) is 2.97. The summed E-state index contributed by atoms with van der Waals surface area (Å²) in [5.41, 5.74) is 5.36. The van der Waals surface area contributed by atoms with E-state index in [0.717, 1.165) is 54.9 Å². The van der Waals surface area contributed by atoms with Crippen molar-refractivity contribution in [2.45, 2.75) is 0 Å². The van der Waals surface area contributed by atoms with E-state index in [1.165, 1.54) is 0 Å². The van der Waals surface area contributed by atoms with Gasteiger partial charge in [0.15, 0.2) is 23.0 Å². The van der Waals surface area contributed by atoms with Crippen molar-refractivity contribution in [3.63, 3.8) is 0 Å². The van der Waals surface area contributed by atoms with Gasteiger partial charge in [-0.2, -0.15) is 0 Å². The van der Waals surface area contributed by atoms with Gasteiger partial charge in [0.2, 0.25) is 0 Å². The van der Waals surface area contributed by atoms with Crippen LogP contribution in [0, 0.1) is 0 Å². The van der Waals surface area contributed by atoms with Gasteiger partial charge in [-0.15, -0.1) is 0 Å². The summed E-state index contributed by atoms with van der Waals surface area (Å²) in [6.45, 7) is 0. The Labute approximate surface area is 229 Å². The van der Waals surface area contributed by atoms with E-state index in [2.05, 4.69) is 118 Å². The summed E-state index contributed by atoms with van der Waals surface area (Å²) in [6.07, 6.45) is 0. The second kappa shape index (κ2) is 9.40. The molecule has 1 aliphatic heterocycles. The molecule has 4 heteroatoms. The minimum Gasteiger partial charge on any atom is -0.449 e. The molecule has 0 bridgehead atoms. The highest BCUT2D eigenvalue weighted by Crippen LogP contribution is 2.51. The van der Waals surface area contributed by atoms with Gasteiger partial charge in [-0.1, -0.05) is 94.8 Å². The van der Waals surface area contributed by atoms with Crippen molar-refractivity contribution in [3.8, 4) is 34.1 Å². The standard InChI is InChI=1S/C34H22BrNO2/c35-30-22-33-32(38-34-28-17-8-7-10-23(28)18-19-31(34)37-33)21-29(30)24-11-9-16-27(20-24)36(25-12-3-1-4-13-25)26-14-5-2-6-15-26/h1-22H. The first kappa shape index (κ1) is 22.6. The molecule has 3 nitrogen and oxygen atoms in total. The van der Waals surface area contributed by atoms with Crippen molar-refractivity contribution in [3.05, 3.63) is 138 Å². The van der Waals surface area contributed by atoms with E-state index < -0.39 is 0 Å². The van der Waals surface area contributed by atoms with Gasteiger partial charge in [-0.3, -0.25) is 0 Å². The zero-order valence-electron chi connectivity index (χ0n) is 20.3. The lowest BCUT2D eigenvalue weighted by Crippen LogP contribution is -2.09. The van der Waals surface area contributed by atoms with Crippen molar-refractivity contribution in [2.24, 2.45) is 0 Å². The van der Waals surface area contributed by atoms with Gasteiger partial charge in [0.25, 0.3) is 0 Å². The summed E-state index contributed by atoms with van der Waals surface area (Å²) in [5, 5.41) is 2.15. The molecule has 0 aliphatic carbocycles. The van der Waals surface area contributed by atoms with E-state index in [0.29, 0.717) is 11.5 Å². The van der Waals surface area contributed by atoms with Gasteiger partial charge >= 0.3 is 0 Å². The Bertz CT molecular complexity index is 1740. The van der Waals surface area contributed by atoms with Crippen LogP contribution in [0.3, 0.4) is 0 Å². The molecule has 1 heterocycles. The third-order valence-corrected chi connectivity index (χ3v) is 7.41. The topological polar surface area (TPSA) is 21.7 Å². The molecule has 182 valence electrons. The lowest BCUT2D eigenvalue weighted by molar-refractivity contribution is 0.363. The number of hydrogen-bond donors (Lipinski definition) is 0. The van der Waals surface area contributed by atoms with Crippen molar-refractivity contribution in [2.75, 3.05) is 4.90 Å². The number of benzene rings is 6. The summed E-state index contributed by atoms with van der Waals surface area (Å²) in [6, 6.07) is 45.7. The molecular weight excluding hydrogens is 534 g/mol. The van der Waals surface area contributed by atoms with Gasteiger partial charge in [-0.05, 0) is 71.1 Å². The first-order valence-electron chi connectivity index (χ1n) is 12.5. The molecule has 1 aliphatic rings. The van der Waals surface area contributed by atoms with E-state index in [-0.39, 0.29) is 0 Å². The summed E-state index contributed by atoms with van der Waals surface area (Å²) in [5.74, 6) is 2.85. The summed E-state index contributed by atoms with van der Waals surface area (Å²) >= 11 is 3.79. The SMILES string of the molecule is Brc1cc2c(cc1-c1cccc(N(c3ccccc3)c3ccccc3)c1)Oc1c(ccc3ccccc13)O2. The Morgan fingerprint density at radius 2 is 1.16 bits per heavy atom. The molecule has 0 amide bonds. The Balaban J connectivity index is 1.31. The Hall–Kier alpha value is -4.54. The predicted octanol–water partition coefficient (Wildman–Crippen LogP) is 10.6. The van der Waals surface area contributed by atoms with Crippen LogP contribution in [0.4, 0.5) is 17.1 Å². The van der Waals surface area contributed by atoms with Crippen molar-refractivity contribution in [1.82, 2.24) is 0 Å². The molecule has 0 aromatic heterocycles. The maximum Gasteiger partial charge on any atom is 0.177 e. The maximum absolute atomic E-state index is 6.47. The number of hydrogen-bond acceptors (Lipinski definition) is 3. The van der Waals surface area contributed by atoms with Gasteiger partial charge < -0.3 is 14.4 Å². The van der Waals surface area contributed by atoms with Gasteiger partial charge in [0.1, 0.15) is 0 Å². The molecule has 0 unspecified atom stereocenters. The zero-order chi connectivity index (χ0) is 25.5. The van der Waals surface area contributed by atoms with Crippen LogP contribution >= 0.6 is 15.9 Å². The van der Waals surface area contributed by atoms with Crippen LogP contribution in [0.1, 0.15) is 0 Å². The summed E-state index contributed by atoms with van der Waals surface area (Å²) in [7, 11) is 0. The Kier molecular flexibility index (Phi) is 5.60. The Morgan fingerprint density at radius 3 is 1.92 bits per heavy atom. The molecule has 0 N–H and O–H groups in total.